The van der Waals surface area contributed by atoms with Crippen LogP contribution in [0.1, 0.15) is 114 Å². The van der Waals surface area contributed by atoms with Gasteiger partial charge in [0.05, 0.1) is 27.7 Å². The van der Waals surface area contributed by atoms with E-state index in [2.05, 4.69) is 28.7 Å². The summed E-state index contributed by atoms with van der Waals surface area (Å²) in [6.45, 7) is 0. The molecule has 1 aliphatic heterocycles. The summed E-state index contributed by atoms with van der Waals surface area (Å²) in [5.74, 6) is -3.00. The molecular weight excluding hydrogens is 562 g/mol. The molecule has 3 aromatic carbocycles. The Hall–Kier alpha value is -4.37. The third-order valence-corrected chi connectivity index (χ3v) is 9.92. The van der Waals surface area contributed by atoms with Crippen LogP contribution in [-0.2, 0) is 12.8 Å². The fourth-order valence-electron chi connectivity index (χ4n) is 7.58. The molecule has 8 nitrogen and oxygen atoms in total. The highest BCUT2D eigenvalue weighted by Crippen LogP contribution is 2.44. The van der Waals surface area contributed by atoms with Crippen LogP contribution in [0.25, 0.3) is 10.9 Å². The Morgan fingerprint density at radius 2 is 1.40 bits per heavy atom. The molecule has 0 bridgehead atoms. The zero-order valence-corrected chi connectivity index (χ0v) is 24.1. The van der Waals surface area contributed by atoms with E-state index in [0.29, 0.717) is 27.4 Å². The number of aromatic nitrogens is 2. The van der Waals surface area contributed by atoms with Crippen LogP contribution in [0.2, 0.25) is 0 Å². The largest absolute Gasteiger partial charge is 0.309 e. The lowest BCUT2D eigenvalue weighted by molar-refractivity contribution is 0.0882. The third kappa shape index (κ3) is 3.83. The molecule has 0 atom stereocenters. The van der Waals surface area contributed by atoms with E-state index in [1.54, 1.807) is 18.2 Å². The van der Waals surface area contributed by atoms with Crippen molar-refractivity contribution in [3.8, 4) is 0 Å². The highest BCUT2D eigenvalue weighted by molar-refractivity contribution is 7.80. The number of nitrogens with zero attached hydrogens (tertiary/aromatic N) is 2. The van der Waals surface area contributed by atoms with Crippen molar-refractivity contribution in [3.05, 3.63) is 97.6 Å². The van der Waals surface area contributed by atoms with E-state index < -0.39 is 34.9 Å². The molecule has 2 amide bonds. The second-order valence-electron chi connectivity index (χ2n) is 12.0. The average Bonchev–Trinajstić information content (AvgIpc) is 3.69. The Balaban J connectivity index is 1.17. The molecule has 1 aromatic heterocycles. The van der Waals surface area contributed by atoms with Gasteiger partial charge in [-0.25, -0.2) is 9.88 Å². The number of carbonyl (C=O) groups is 4. The maximum atomic E-state index is 13.8. The van der Waals surface area contributed by atoms with Gasteiger partial charge in [0.25, 0.3) is 17.4 Å². The van der Waals surface area contributed by atoms with Crippen LogP contribution in [0.3, 0.4) is 0 Å². The molecule has 0 spiro atoms. The van der Waals surface area contributed by atoms with E-state index in [4.69, 9.17) is 0 Å². The minimum atomic E-state index is -1.36. The normalized spacial score (nSPS) is 18.6. The van der Waals surface area contributed by atoms with Crippen molar-refractivity contribution in [1.82, 2.24) is 9.97 Å². The first-order valence-electron chi connectivity index (χ1n) is 14.8. The Labute approximate surface area is 251 Å². The Morgan fingerprint density at radius 3 is 2.07 bits per heavy atom. The number of ketones is 2. The van der Waals surface area contributed by atoms with Crippen molar-refractivity contribution in [2.24, 2.45) is 0 Å². The summed E-state index contributed by atoms with van der Waals surface area (Å²) in [4.78, 5) is 76.4. The summed E-state index contributed by atoms with van der Waals surface area (Å²) in [5, 5.41) is 0.292. The summed E-state index contributed by atoms with van der Waals surface area (Å²) in [6.07, 6.45) is 8.64. The van der Waals surface area contributed by atoms with Crippen molar-refractivity contribution in [1.29, 1.82) is 0 Å². The summed E-state index contributed by atoms with van der Waals surface area (Å²) in [6, 6.07) is 11.6. The number of anilines is 1. The van der Waals surface area contributed by atoms with Crippen LogP contribution in [0, 0.1) is 0 Å². The molecule has 3 aliphatic carbocycles. The van der Waals surface area contributed by atoms with E-state index >= 15 is 0 Å². The number of nitrogens with one attached hydrogen (secondary N) is 1. The Bertz CT molecular complexity index is 1970. The number of benzene rings is 3. The molecule has 1 saturated carbocycles. The topological polar surface area (TPSA) is 117 Å². The number of H-pyrrole nitrogens is 1. The molecule has 4 aromatic rings. The fourth-order valence-corrected chi connectivity index (χ4v) is 7.78. The first kappa shape index (κ1) is 26.3. The number of hydrogen-bond donors (Lipinski definition) is 2. The summed E-state index contributed by atoms with van der Waals surface area (Å²) < 4.78 is 0. The first-order valence-corrected chi connectivity index (χ1v) is 15.3. The molecule has 0 saturated heterocycles. The third-order valence-electron chi connectivity index (χ3n) is 9.64. The van der Waals surface area contributed by atoms with Crippen LogP contribution in [0.15, 0.2) is 52.2 Å². The molecule has 9 heteroatoms. The van der Waals surface area contributed by atoms with Crippen molar-refractivity contribution in [2.45, 2.75) is 68.1 Å². The summed E-state index contributed by atoms with van der Waals surface area (Å²) in [7, 11) is 0. The van der Waals surface area contributed by atoms with Crippen molar-refractivity contribution < 1.29 is 19.2 Å². The summed E-state index contributed by atoms with van der Waals surface area (Å²) >= 11 is 4.26. The van der Waals surface area contributed by atoms with Gasteiger partial charge in [-0.3, -0.25) is 24.0 Å². The monoisotopic (exact) mass is 589 g/mol. The van der Waals surface area contributed by atoms with Gasteiger partial charge in [0.15, 0.2) is 11.6 Å². The minimum absolute atomic E-state index is 0.0591. The van der Waals surface area contributed by atoms with Gasteiger partial charge >= 0.3 is 0 Å². The van der Waals surface area contributed by atoms with Crippen molar-refractivity contribution in [2.75, 3.05) is 4.90 Å². The van der Waals surface area contributed by atoms with Gasteiger partial charge in [0.1, 0.15) is 11.7 Å². The molecule has 0 radical (unpaired) electrons. The van der Waals surface area contributed by atoms with Crippen molar-refractivity contribution in [3.63, 3.8) is 0 Å². The van der Waals surface area contributed by atoms with E-state index in [1.165, 1.54) is 53.8 Å². The second-order valence-corrected chi connectivity index (χ2v) is 12.5. The lowest BCUT2D eigenvalue weighted by atomic mass is 9.82. The van der Waals surface area contributed by atoms with Crippen LogP contribution >= 0.6 is 12.6 Å². The molecule has 1 fully saturated rings. The molecular formula is C34H27N3O5S. The highest BCUT2D eigenvalue weighted by atomic mass is 32.1. The van der Waals surface area contributed by atoms with Crippen LogP contribution in [-0.4, -0.2) is 33.3 Å². The molecule has 214 valence electrons. The number of imide groups is 1. The molecule has 43 heavy (non-hydrogen) atoms. The molecule has 8 rings (SSSR count). The molecule has 1 N–H and O–H groups in total. The van der Waals surface area contributed by atoms with E-state index in [9.17, 15) is 24.0 Å². The second kappa shape index (κ2) is 9.57. The van der Waals surface area contributed by atoms with Gasteiger partial charge in [0, 0.05) is 16.0 Å². The van der Waals surface area contributed by atoms with Gasteiger partial charge < -0.3 is 4.98 Å². The van der Waals surface area contributed by atoms with Crippen LogP contribution in [0.4, 0.5) is 5.69 Å². The molecule has 4 aliphatic rings. The first-order chi connectivity index (χ1) is 20.8. The van der Waals surface area contributed by atoms with Gasteiger partial charge in [0.2, 0.25) is 0 Å². The van der Waals surface area contributed by atoms with E-state index in [1.807, 2.05) is 6.07 Å². The number of aromatic amines is 1. The Kier molecular flexibility index (Phi) is 5.85. The number of thiol groups is 1. The lowest BCUT2D eigenvalue weighted by Crippen LogP contribution is -2.31. The van der Waals surface area contributed by atoms with Crippen LogP contribution < -0.4 is 10.5 Å². The zero-order valence-electron chi connectivity index (χ0n) is 23.2. The molecule has 2 heterocycles. The summed E-state index contributed by atoms with van der Waals surface area (Å²) in [5.41, 5.74) is 4.50. The predicted octanol–water partition coefficient (Wildman–Crippen LogP) is 5.71. The lowest BCUT2D eigenvalue weighted by Gasteiger charge is -2.28. The quantitative estimate of drug-likeness (QED) is 0.180. The number of Topliss-reactive ketones (excluding diaryl/α,β-unsaturated/α-hetero) is 2. The number of rotatable bonds is 3. The van der Waals surface area contributed by atoms with Gasteiger partial charge in [-0.05, 0) is 97.5 Å². The fraction of sp³-hybridized carbons (Fsp3) is 0.294. The van der Waals surface area contributed by atoms with Crippen LogP contribution in [0.5, 0.6) is 0 Å². The standard InChI is InChI=1S/C34H27N3O5S/c38-29-21-14-23-24(15-22(21)30(39)28(29)31-35-26-11-9-17(43)13-25(26)32(40)36-31)34(42)37(33(23)41)27-12-10-18(16-5-1-2-6-16)19-7-3-4-8-20(19)27/h9-16,28,43H,1-8H2,(H,35,36,40). The van der Waals surface area contributed by atoms with Crippen molar-refractivity contribution >= 4 is 52.6 Å². The highest BCUT2D eigenvalue weighted by Gasteiger charge is 2.46. The average molecular weight is 590 g/mol. The zero-order chi connectivity index (χ0) is 29.6. The minimum Gasteiger partial charge on any atom is -0.309 e. The molecule has 0 unspecified atom stereocenters. The number of fused-ring (bicyclic) bond motifs is 4. The SMILES string of the molecule is O=C1c2cc3c(cc2C(=O)C1c1nc2ccc(S)cc2c(=O)[nH]1)C(=O)N(c1ccc(C2CCCC2)c2c1CCCC2)C3=O. The smallest absolute Gasteiger partial charge is 0.266 e. The number of amides is 2. The maximum absolute atomic E-state index is 13.8. The van der Waals surface area contributed by atoms with E-state index in [0.717, 1.165) is 31.2 Å². The Morgan fingerprint density at radius 1 is 0.744 bits per heavy atom. The van der Waals surface area contributed by atoms with E-state index in [-0.39, 0.29) is 28.1 Å². The predicted molar refractivity (Wildman–Crippen MR) is 163 cm³/mol. The van der Waals surface area contributed by atoms with Gasteiger partial charge in [-0.2, -0.15) is 0 Å². The van der Waals surface area contributed by atoms with Gasteiger partial charge in [-0.15, -0.1) is 12.6 Å². The number of carbonyl (C=O) groups excluding carboxylic acids is 4. The number of hydrogen-bond acceptors (Lipinski definition) is 7. The van der Waals surface area contributed by atoms with Gasteiger partial charge in [-0.1, -0.05) is 18.9 Å². The maximum Gasteiger partial charge on any atom is 0.266 e.